The average molecular weight is 678 g/mol. The van der Waals surface area contributed by atoms with Crippen LogP contribution in [0.2, 0.25) is 0 Å². The maximum Gasteiger partial charge on any atom is 0.319 e. The molecule has 0 aliphatic carbocycles. The SMILES string of the molecule is C#Cc1c(F)ccc2cc(O)cc(-c3ncc4c(N5CCC[C@](C)(C#N)[C@@H](NC(=O)C=C)C5)nc(OCC56CCCN5CCC6)nc4c3F)c12. The molecule has 0 bridgehead atoms. The topological polar surface area (TPSA) is 128 Å². The van der Waals surface area contributed by atoms with E-state index in [4.69, 9.17) is 16.1 Å². The third kappa shape index (κ3) is 5.63. The Balaban J connectivity index is 1.39. The lowest BCUT2D eigenvalue weighted by atomic mass is 9.80. The van der Waals surface area contributed by atoms with Gasteiger partial charge in [0.05, 0.1) is 34.0 Å². The number of hydrogen-bond donors (Lipinski definition) is 2. The minimum atomic E-state index is -0.889. The number of amides is 1. The van der Waals surface area contributed by atoms with Crippen molar-refractivity contribution in [3.8, 4) is 41.4 Å². The van der Waals surface area contributed by atoms with Gasteiger partial charge in [0.1, 0.15) is 35.2 Å². The van der Waals surface area contributed by atoms with Gasteiger partial charge in [0.2, 0.25) is 5.91 Å². The van der Waals surface area contributed by atoms with E-state index in [9.17, 15) is 19.6 Å². The monoisotopic (exact) mass is 677 g/mol. The summed E-state index contributed by atoms with van der Waals surface area (Å²) in [5, 5.41) is 24.6. The third-order valence-electron chi connectivity index (χ3n) is 10.7. The van der Waals surface area contributed by atoms with Crippen LogP contribution in [0.4, 0.5) is 14.6 Å². The number of rotatable bonds is 7. The van der Waals surface area contributed by atoms with Crippen LogP contribution in [0.3, 0.4) is 0 Å². The van der Waals surface area contributed by atoms with Crippen molar-refractivity contribution < 1.29 is 23.4 Å². The highest BCUT2D eigenvalue weighted by molar-refractivity contribution is 6.03. The Morgan fingerprint density at radius 3 is 2.68 bits per heavy atom. The smallest absolute Gasteiger partial charge is 0.319 e. The van der Waals surface area contributed by atoms with Crippen molar-refractivity contribution >= 4 is 33.4 Å². The van der Waals surface area contributed by atoms with E-state index in [1.165, 1.54) is 30.5 Å². The normalized spacial score (nSPS) is 21.7. The Morgan fingerprint density at radius 2 is 1.96 bits per heavy atom. The molecule has 2 atom stereocenters. The molecule has 4 aromatic rings. The number of aromatic hydroxyl groups is 1. The molecule has 256 valence electrons. The van der Waals surface area contributed by atoms with Crippen LogP contribution < -0.4 is 15.0 Å². The van der Waals surface area contributed by atoms with Gasteiger partial charge in [0, 0.05) is 30.2 Å². The van der Waals surface area contributed by atoms with Crippen molar-refractivity contribution in [3.63, 3.8) is 0 Å². The number of terminal acetylenes is 1. The first kappa shape index (κ1) is 33.2. The highest BCUT2D eigenvalue weighted by Crippen LogP contribution is 2.42. The molecule has 10 nitrogen and oxygen atoms in total. The zero-order valence-corrected chi connectivity index (χ0v) is 27.8. The van der Waals surface area contributed by atoms with Crippen LogP contribution in [-0.4, -0.2) is 75.2 Å². The molecule has 12 heteroatoms. The number of nitrogens with zero attached hydrogens (tertiary/aromatic N) is 6. The molecule has 0 spiro atoms. The summed E-state index contributed by atoms with van der Waals surface area (Å²) >= 11 is 0. The molecule has 3 fully saturated rings. The van der Waals surface area contributed by atoms with Crippen LogP contribution in [0.5, 0.6) is 11.8 Å². The molecular weight excluding hydrogens is 640 g/mol. The lowest BCUT2D eigenvalue weighted by Crippen LogP contribution is -2.50. The molecule has 3 aliphatic heterocycles. The molecule has 7 rings (SSSR count). The maximum absolute atomic E-state index is 17.0. The zero-order chi connectivity index (χ0) is 35.2. The number of fused-ring (bicyclic) bond motifs is 3. The Bertz CT molecular complexity index is 2120. The second-order valence-corrected chi connectivity index (χ2v) is 13.7. The summed E-state index contributed by atoms with van der Waals surface area (Å²) in [6, 6.07) is 7.16. The lowest BCUT2D eigenvalue weighted by Gasteiger charge is -2.33. The number of benzene rings is 2. The van der Waals surface area contributed by atoms with Crippen LogP contribution >= 0.6 is 0 Å². The minimum absolute atomic E-state index is 0.0215. The molecule has 2 aromatic heterocycles. The fourth-order valence-corrected chi connectivity index (χ4v) is 8.01. The van der Waals surface area contributed by atoms with Gasteiger partial charge in [-0.2, -0.15) is 15.2 Å². The summed E-state index contributed by atoms with van der Waals surface area (Å²) in [5.41, 5.74) is -1.27. The van der Waals surface area contributed by atoms with E-state index in [-0.39, 0.29) is 57.0 Å². The highest BCUT2D eigenvalue weighted by Gasteiger charge is 2.45. The quantitative estimate of drug-likeness (QED) is 0.189. The third-order valence-corrected chi connectivity index (χ3v) is 10.7. The number of hydrogen-bond acceptors (Lipinski definition) is 9. The summed E-state index contributed by atoms with van der Waals surface area (Å²) in [4.78, 5) is 30.7. The molecule has 2 N–H and O–H groups in total. The molecule has 3 aliphatic rings. The second-order valence-electron chi connectivity index (χ2n) is 13.7. The van der Waals surface area contributed by atoms with E-state index in [1.54, 1.807) is 0 Å². The largest absolute Gasteiger partial charge is 0.508 e. The van der Waals surface area contributed by atoms with Gasteiger partial charge in [-0.05, 0) is 88.2 Å². The predicted molar refractivity (Wildman–Crippen MR) is 185 cm³/mol. The molecule has 0 unspecified atom stereocenters. The summed E-state index contributed by atoms with van der Waals surface area (Å²) in [7, 11) is 0. The van der Waals surface area contributed by atoms with Gasteiger partial charge in [-0.25, -0.2) is 8.78 Å². The van der Waals surface area contributed by atoms with Crippen molar-refractivity contribution in [1.82, 2.24) is 25.2 Å². The van der Waals surface area contributed by atoms with Gasteiger partial charge in [0.25, 0.3) is 0 Å². The number of phenols is 1. The van der Waals surface area contributed by atoms with Crippen LogP contribution in [0, 0.1) is 40.7 Å². The van der Waals surface area contributed by atoms with E-state index in [2.05, 4.69) is 38.8 Å². The first-order valence-corrected chi connectivity index (χ1v) is 16.8. The van der Waals surface area contributed by atoms with Gasteiger partial charge in [0.15, 0.2) is 5.82 Å². The van der Waals surface area contributed by atoms with E-state index < -0.39 is 29.0 Å². The predicted octanol–water partition coefficient (Wildman–Crippen LogP) is 5.62. The standard InChI is InChI=1S/C38H37F2N7O3/c1-4-25-28(39)10-9-23-17-24(48)18-26(31(23)25)33-32(40)34-27(19-42-33)35(45-36(44-34)50-22-38-12-7-15-47(38)16-8-13-38)46-14-6-11-37(3,21-41)29(20-46)43-30(49)5-2/h1,5,9-10,17-19,29,48H,2,6-8,11-16,20,22H2,3H3,(H,43,49)/t29-,37+/m0/s1. The molecule has 5 heterocycles. The number of nitriles is 1. The summed E-state index contributed by atoms with van der Waals surface area (Å²) in [5.74, 6) is 0.624. The lowest BCUT2D eigenvalue weighted by molar-refractivity contribution is -0.117. The number of carbonyl (C=O) groups excluding carboxylic acids is 1. The van der Waals surface area contributed by atoms with Gasteiger partial charge < -0.3 is 20.1 Å². The Kier molecular flexibility index (Phi) is 8.53. The van der Waals surface area contributed by atoms with Gasteiger partial charge >= 0.3 is 6.01 Å². The van der Waals surface area contributed by atoms with Gasteiger partial charge in [-0.3, -0.25) is 14.7 Å². The van der Waals surface area contributed by atoms with Crippen LogP contribution in [0.25, 0.3) is 32.9 Å². The number of anilines is 1. The van der Waals surface area contributed by atoms with Crippen molar-refractivity contribution in [2.24, 2.45) is 5.41 Å². The number of aromatic nitrogens is 3. The highest BCUT2D eigenvalue weighted by atomic mass is 19.1. The number of nitrogens with one attached hydrogen (secondary N) is 1. The van der Waals surface area contributed by atoms with Crippen LogP contribution in [0.15, 0.2) is 43.1 Å². The van der Waals surface area contributed by atoms with Crippen molar-refractivity contribution in [3.05, 3.63) is 60.3 Å². The van der Waals surface area contributed by atoms with Crippen molar-refractivity contribution in [2.75, 3.05) is 37.7 Å². The van der Waals surface area contributed by atoms with E-state index in [0.29, 0.717) is 37.2 Å². The minimum Gasteiger partial charge on any atom is -0.508 e. The molecule has 0 radical (unpaired) electrons. The Morgan fingerprint density at radius 1 is 1.20 bits per heavy atom. The summed E-state index contributed by atoms with van der Waals surface area (Å²) < 4.78 is 38.3. The van der Waals surface area contributed by atoms with Crippen molar-refractivity contribution in [2.45, 2.75) is 57.0 Å². The van der Waals surface area contributed by atoms with E-state index >= 15 is 4.39 Å². The number of phenolic OH excluding ortho intramolecular Hbond substituents is 1. The molecule has 1 amide bonds. The second kappa shape index (κ2) is 12.8. The molecule has 2 aromatic carbocycles. The van der Waals surface area contributed by atoms with Crippen LogP contribution in [0.1, 0.15) is 51.0 Å². The van der Waals surface area contributed by atoms with E-state index in [0.717, 1.165) is 44.8 Å². The summed E-state index contributed by atoms with van der Waals surface area (Å²) in [6.45, 7) is 8.35. The first-order chi connectivity index (χ1) is 24.1. The zero-order valence-electron chi connectivity index (χ0n) is 27.8. The number of pyridine rings is 1. The Hall–Kier alpha value is -5.33. The Labute approximate surface area is 288 Å². The van der Waals surface area contributed by atoms with E-state index in [1.807, 2.05) is 11.8 Å². The van der Waals surface area contributed by atoms with Gasteiger partial charge in [-0.15, -0.1) is 6.42 Å². The number of halogens is 2. The molecule has 0 saturated carbocycles. The fourth-order valence-electron chi connectivity index (χ4n) is 8.01. The number of carbonyl (C=O) groups is 1. The van der Waals surface area contributed by atoms with Crippen molar-refractivity contribution in [1.29, 1.82) is 5.26 Å². The van der Waals surface area contributed by atoms with Crippen LogP contribution in [-0.2, 0) is 4.79 Å². The number of ether oxygens (including phenoxy) is 1. The molecular formula is C38H37F2N7O3. The first-order valence-electron chi connectivity index (χ1n) is 16.8. The summed E-state index contributed by atoms with van der Waals surface area (Å²) in [6.07, 6.45) is 13.5. The molecule has 50 heavy (non-hydrogen) atoms. The molecule has 3 saturated heterocycles. The van der Waals surface area contributed by atoms with Gasteiger partial charge in [-0.1, -0.05) is 18.6 Å². The average Bonchev–Trinajstić information content (AvgIpc) is 3.65. The fraction of sp³-hybridized carbons (Fsp3) is 0.395. The maximum atomic E-state index is 17.0.